The van der Waals surface area contributed by atoms with Crippen molar-refractivity contribution in [1.82, 2.24) is 5.32 Å². The molecule has 0 radical (unpaired) electrons. The summed E-state index contributed by atoms with van der Waals surface area (Å²) in [6.07, 6.45) is 0. The molecule has 1 aromatic rings. The van der Waals surface area contributed by atoms with Crippen LogP contribution in [0.3, 0.4) is 0 Å². The lowest BCUT2D eigenvalue weighted by Crippen LogP contribution is -2.32. The first-order valence-corrected chi connectivity index (χ1v) is 4.89. The lowest BCUT2D eigenvalue weighted by atomic mass is 10.00. The third-order valence-corrected chi connectivity index (χ3v) is 2.21. The van der Waals surface area contributed by atoms with E-state index in [1.54, 1.807) is 25.1 Å². The first-order chi connectivity index (χ1) is 7.16. The van der Waals surface area contributed by atoms with Gasteiger partial charge in [-0.3, -0.25) is 4.79 Å². The predicted molar refractivity (Wildman–Crippen MR) is 64.1 cm³/mol. The molecule has 0 heterocycles. The van der Waals surface area contributed by atoms with Gasteiger partial charge in [0.2, 0.25) is 5.91 Å². The predicted octanol–water partition coefficient (Wildman–Crippen LogP) is 1.43. The van der Waals surface area contributed by atoms with Crippen molar-refractivity contribution in [3.05, 3.63) is 35.6 Å². The van der Waals surface area contributed by atoms with E-state index in [2.05, 4.69) is 5.32 Å². The highest BCUT2D eigenvalue weighted by Gasteiger charge is 2.17. The molecule has 3 N–H and O–H groups in total. The Morgan fingerprint density at radius 2 is 2.12 bits per heavy atom. The molecule has 0 fully saturated rings. The second kappa shape index (κ2) is 7.19. The Kier molecular flexibility index (Phi) is 6.69. The first kappa shape index (κ1) is 14.9. The number of nitrogens with one attached hydrogen (secondary N) is 1. The van der Waals surface area contributed by atoms with E-state index in [-0.39, 0.29) is 24.1 Å². The first-order valence-electron chi connectivity index (χ1n) is 4.89. The molecule has 0 spiro atoms. The van der Waals surface area contributed by atoms with Gasteiger partial charge in [0.25, 0.3) is 0 Å². The quantitative estimate of drug-likeness (QED) is 0.845. The fourth-order valence-electron chi connectivity index (χ4n) is 1.32. The SMILES string of the molecule is CC(C(=O)NCCN)c1ccccc1F.Cl. The van der Waals surface area contributed by atoms with E-state index in [1.807, 2.05) is 0 Å². The number of carbonyl (C=O) groups excluding carboxylic acids is 1. The summed E-state index contributed by atoms with van der Waals surface area (Å²) in [4.78, 5) is 11.5. The lowest BCUT2D eigenvalue weighted by Gasteiger charge is -2.12. The average Bonchev–Trinajstić information content (AvgIpc) is 2.25. The highest BCUT2D eigenvalue weighted by molar-refractivity contribution is 5.85. The standard InChI is InChI=1S/C11H15FN2O.ClH/c1-8(11(15)14-7-6-13)9-4-2-3-5-10(9)12;/h2-5,8H,6-7,13H2,1H3,(H,14,15);1H. The van der Waals surface area contributed by atoms with E-state index in [4.69, 9.17) is 5.73 Å². The summed E-state index contributed by atoms with van der Waals surface area (Å²) in [5.41, 5.74) is 5.67. The third kappa shape index (κ3) is 3.79. The summed E-state index contributed by atoms with van der Waals surface area (Å²) in [6.45, 7) is 2.47. The number of carbonyl (C=O) groups is 1. The van der Waals surface area contributed by atoms with Crippen LogP contribution in [0.1, 0.15) is 18.4 Å². The van der Waals surface area contributed by atoms with E-state index in [0.717, 1.165) is 0 Å². The van der Waals surface area contributed by atoms with Gasteiger partial charge in [-0.05, 0) is 18.6 Å². The van der Waals surface area contributed by atoms with Crippen molar-refractivity contribution < 1.29 is 9.18 Å². The number of amides is 1. The number of rotatable bonds is 4. The van der Waals surface area contributed by atoms with Gasteiger partial charge in [0.05, 0.1) is 5.92 Å². The van der Waals surface area contributed by atoms with E-state index in [0.29, 0.717) is 18.7 Å². The van der Waals surface area contributed by atoms with Crippen LogP contribution in [0, 0.1) is 5.82 Å². The van der Waals surface area contributed by atoms with Gasteiger partial charge < -0.3 is 11.1 Å². The Morgan fingerprint density at radius 1 is 1.50 bits per heavy atom. The van der Waals surface area contributed by atoms with Crippen LogP contribution in [0.4, 0.5) is 4.39 Å². The summed E-state index contributed by atoms with van der Waals surface area (Å²) in [6, 6.07) is 6.28. The molecule has 0 aromatic heterocycles. The molecule has 90 valence electrons. The van der Waals surface area contributed by atoms with Gasteiger partial charge in [-0.15, -0.1) is 12.4 Å². The van der Waals surface area contributed by atoms with Crippen molar-refractivity contribution in [2.24, 2.45) is 5.73 Å². The second-order valence-corrected chi connectivity index (χ2v) is 3.32. The lowest BCUT2D eigenvalue weighted by molar-refractivity contribution is -0.122. The molecule has 0 aliphatic carbocycles. The normalized spacial score (nSPS) is 11.4. The smallest absolute Gasteiger partial charge is 0.227 e. The molecule has 1 aromatic carbocycles. The van der Waals surface area contributed by atoms with E-state index < -0.39 is 5.92 Å². The molecule has 5 heteroatoms. The molecule has 1 unspecified atom stereocenters. The highest BCUT2D eigenvalue weighted by Crippen LogP contribution is 2.18. The molecule has 1 atom stereocenters. The van der Waals surface area contributed by atoms with Crippen LogP contribution < -0.4 is 11.1 Å². The van der Waals surface area contributed by atoms with Crippen molar-refractivity contribution in [2.45, 2.75) is 12.8 Å². The van der Waals surface area contributed by atoms with Crippen LogP contribution in [-0.4, -0.2) is 19.0 Å². The number of halogens is 2. The van der Waals surface area contributed by atoms with E-state index in [1.165, 1.54) is 6.07 Å². The Morgan fingerprint density at radius 3 is 2.69 bits per heavy atom. The van der Waals surface area contributed by atoms with Crippen molar-refractivity contribution in [2.75, 3.05) is 13.1 Å². The van der Waals surface area contributed by atoms with Crippen LogP contribution in [0.15, 0.2) is 24.3 Å². The minimum atomic E-state index is -0.488. The number of benzene rings is 1. The fraction of sp³-hybridized carbons (Fsp3) is 0.364. The summed E-state index contributed by atoms with van der Waals surface area (Å²) in [5, 5.41) is 2.63. The van der Waals surface area contributed by atoms with Crippen LogP contribution in [0.2, 0.25) is 0 Å². The molecule has 16 heavy (non-hydrogen) atoms. The van der Waals surface area contributed by atoms with Crippen LogP contribution in [0.25, 0.3) is 0 Å². The molecule has 3 nitrogen and oxygen atoms in total. The van der Waals surface area contributed by atoms with Gasteiger partial charge in [-0.25, -0.2) is 4.39 Å². The highest BCUT2D eigenvalue weighted by atomic mass is 35.5. The average molecular weight is 247 g/mol. The van der Waals surface area contributed by atoms with Crippen molar-refractivity contribution in [3.63, 3.8) is 0 Å². The number of hydrogen-bond acceptors (Lipinski definition) is 2. The Labute approximate surface area is 101 Å². The third-order valence-electron chi connectivity index (χ3n) is 2.21. The zero-order valence-electron chi connectivity index (χ0n) is 9.07. The summed E-state index contributed by atoms with van der Waals surface area (Å²) in [5.74, 6) is -1.05. The molecular formula is C11H16ClFN2O. The molecular weight excluding hydrogens is 231 g/mol. The van der Waals surface area contributed by atoms with Crippen molar-refractivity contribution >= 4 is 18.3 Å². The molecule has 0 saturated heterocycles. The second-order valence-electron chi connectivity index (χ2n) is 3.32. The number of nitrogens with two attached hydrogens (primary N) is 1. The summed E-state index contributed by atoms with van der Waals surface area (Å²) in [7, 11) is 0. The maximum absolute atomic E-state index is 13.3. The van der Waals surface area contributed by atoms with E-state index in [9.17, 15) is 9.18 Å². The van der Waals surface area contributed by atoms with Crippen LogP contribution in [-0.2, 0) is 4.79 Å². The Balaban J connectivity index is 0.00000225. The molecule has 0 bridgehead atoms. The molecule has 0 aliphatic heterocycles. The van der Waals surface area contributed by atoms with Crippen LogP contribution >= 0.6 is 12.4 Å². The molecule has 1 rings (SSSR count). The topological polar surface area (TPSA) is 55.1 Å². The van der Waals surface area contributed by atoms with Crippen molar-refractivity contribution in [1.29, 1.82) is 0 Å². The number of hydrogen-bond donors (Lipinski definition) is 2. The van der Waals surface area contributed by atoms with Gasteiger partial charge >= 0.3 is 0 Å². The van der Waals surface area contributed by atoms with Gasteiger partial charge in [0.1, 0.15) is 5.82 Å². The maximum atomic E-state index is 13.3. The largest absolute Gasteiger partial charge is 0.354 e. The summed E-state index contributed by atoms with van der Waals surface area (Å²) < 4.78 is 13.3. The zero-order chi connectivity index (χ0) is 11.3. The zero-order valence-corrected chi connectivity index (χ0v) is 9.89. The van der Waals surface area contributed by atoms with Gasteiger partial charge in [-0.2, -0.15) is 0 Å². The summed E-state index contributed by atoms with van der Waals surface area (Å²) >= 11 is 0. The van der Waals surface area contributed by atoms with Crippen LogP contribution in [0.5, 0.6) is 0 Å². The molecule has 0 saturated carbocycles. The molecule has 0 aliphatic rings. The molecule has 1 amide bonds. The van der Waals surface area contributed by atoms with E-state index >= 15 is 0 Å². The minimum Gasteiger partial charge on any atom is -0.354 e. The Hall–Kier alpha value is -1.13. The van der Waals surface area contributed by atoms with Crippen molar-refractivity contribution in [3.8, 4) is 0 Å². The maximum Gasteiger partial charge on any atom is 0.227 e. The van der Waals surface area contributed by atoms with Gasteiger partial charge in [0.15, 0.2) is 0 Å². The van der Waals surface area contributed by atoms with Gasteiger partial charge in [-0.1, -0.05) is 18.2 Å². The monoisotopic (exact) mass is 246 g/mol. The minimum absolute atomic E-state index is 0. The Bertz CT molecular complexity index is 347. The fourth-order valence-corrected chi connectivity index (χ4v) is 1.32. The van der Waals surface area contributed by atoms with Gasteiger partial charge in [0, 0.05) is 13.1 Å².